The fourth-order valence-corrected chi connectivity index (χ4v) is 3.47. The predicted molar refractivity (Wildman–Crippen MR) is 102 cm³/mol. The van der Waals surface area contributed by atoms with Crippen LogP contribution in [0.1, 0.15) is 56.0 Å². The fraction of sp³-hybridized carbons (Fsp3) is 0.450. The first-order valence-corrected chi connectivity index (χ1v) is 9.39. The first-order chi connectivity index (χ1) is 13.0. The van der Waals surface area contributed by atoms with Crippen LogP contribution in [0.3, 0.4) is 0 Å². The Morgan fingerprint density at radius 2 is 2.19 bits per heavy atom. The van der Waals surface area contributed by atoms with Crippen LogP contribution in [0.25, 0.3) is 11.0 Å². The van der Waals surface area contributed by atoms with E-state index in [0.717, 1.165) is 47.6 Å². The third-order valence-corrected chi connectivity index (χ3v) is 4.92. The molecule has 27 heavy (non-hydrogen) atoms. The van der Waals surface area contributed by atoms with Crippen molar-refractivity contribution in [3.63, 3.8) is 0 Å². The van der Waals surface area contributed by atoms with Crippen molar-refractivity contribution < 1.29 is 13.7 Å². The van der Waals surface area contributed by atoms with Crippen LogP contribution in [0.2, 0.25) is 0 Å². The summed E-state index contributed by atoms with van der Waals surface area (Å²) in [7, 11) is 0. The van der Waals surface area contributed by atoms with Gasteiger partial charge in [0.15, 0.2) is 5.82 Å². The number of nitrogens with zero attached hydrogens (tertiary/aromatic N) is 3. The van der Waals surface area contributed by atoms with Crippen molar-refractivity contribution in [3.05, 3.63) is 41.7 Å². The average molecular weight is 368 g/mol. The third kappa shape index (κ3) is 3.67. The number of carbonyl (C=O) groups is 1. The lowest BCUT2D eigenvalue weighted by Gasteiger charge is -2.31. The zero-order valence-electron chi connectivity index (χ0n) is 15.9. The molecule has 0 bridgehead atoms. The Balaban J connectivity index is 1.44. The molecule has 1 aliphatic heterocycles. The summed E-state index contributed by atoms with van der Waals surface area (Å²) in [5.41, 5.74) is 1.58. The van der Waals surface area contributed by atoms with Crippen LogP contribution in [-0.4, -0.2) is 34.2 Å². The molecule has 0 aliphatic carbocycles. The second kappa shape index (κ2) is 7.06. The maximum atomic E-state index is 12.7. The molecule has 142 valence electrons. The molecular weight excluding hydrogens is 344 g/mol. The molecule has 1 aliphatic rings. The van der Waals surface area contributed by atoms with Gasteiger partial charge in [-0.3, -0.25) is 0 Å². The minimum absolute atomic E-state index is 0.0866. The zero-order chi connectivity index (χ0) is 19.0. The molecule has 3 heterocycles. The number of rotatable bonds is 3. The second-order valence-corrected chi connectivity index (χ2v) is 7.47. The van der Waals surface area contributed by atoms with E-state index in [1.807, 2.05) is 49.9 Å². The minimum Gasteiger partial charge on any atom is -0.461 e. The standard InChI is InChI=1S/C20H24N4O3/c1-12(2)18-22-19(27-23-18)14-5-4-8-24(11-14)20(25)21-16-6-7-17-15(10-16)9-13(3)26-17/h6-7,9-10,12,14H,4-5,8,11H2,1-3H3,(H,21,25)/t14-/m1/s1. The van der Waals surface area contributed by atoms with Gasteiger partial charge in [-0.05, 0) is 44.0 Å². The highest BCUT2D eigenvalue weighted by Crippen LogP contribution is 2.28. The normalized spacial score (nSPS) is 17.6. The highest BCUT2D eigenvalue weighted by Gasteiger charge is 2.29. The van der Waals surface area contributed by atoms with Crippen molar-refractivity contribution >= 4 is 22.7 Å². The zero-order valence-corrected chi connectivity index (χ0v) is 15.9. The van der Waals surface area contributed by atoms with Crippen molar-refractivity contribution in [2.75, 3.05) is 18.4 Å². The number of furan rings is 1. The van der Waals surface area contributed by atoms with Gasteiger partial charge in [-0.25, -0.2) is 4.79 Å². The maximum absolute atomic E-state index is 12.7. The van der Waals surface area contributed by atoms with E-state index >= 15 is 0 Å². The van der Waals surface area contributed by atoms with E-state index in [0.29, 0.717) is 12.4 Å². The molecule has 1 fully saturated rings. The first-order valence-electron chi connectivity index (χ1n) is 9.39. The summed E-state index contributed by atoms with van der Waals surface area (Å²) >= 11 is 0. The Morgan fingerprint density at radius 3 is 2.96 bits per heavy atom. The molecule has 0 unspecified atom stereocenters. The van der Waals surface area contributed by atoms with Crippen LogP contribution in [0.4, 0.5) is 10.5 Å². The van der Waals surface area contributed by atoms with Crippen molar-refractivity contribution in [1.82, 2.24) is 15.0 Å². The molecule has 1 saturated heterocycles. The number of hydrogen-bond donors (Lipinski definition) is 1. The highest BCUT2D eigenvalue weighted by atomic mass is 16.5. The van der Waals surface area contributed by atoms with Crippen LogP contribution >= 0.6 is 0 Å². The molecule has 0 saturated carbocycles. The van der Waals surface area contributed by atoms with Gasteiger partial charge in [0.2, 0.25) is 5.89 Å². The maximum Gasteiger partial charge on any atom is 0.321 e. The molecule has 4 rings (SSSR count). The minimum atomic E-state index is -0.108. The molecule has 7 nitrogen and oxygen atoms in total. The third-order valence-electron chi connectivity index (χ3n) is 4.92. The Labute approximate surface area is 157 Å². The average Bonchev–Trinajstić information content (AvgIpc) is 3.27. The summed E-state index contributed by atoms with van der Waals surface area (Å²) < 4.78 is 11.0. The number of anilines is 1. The number of carbonyl (C=O) groups excluding carboxylic acids is 1. The largest absolute Gasteiger partial charge is 0.461 e. The molecule has 0 spiro atoms. The quantitative estimate of drug-likeness (QED) is 0.727. The van der Waals surface area contributed by atoms with Crippen LogP contribution in [0.15, 0.2) is 33.2 Å². The van der Waals surface area contributed by atoms with Gasteiger partial charge in [0.05, 0.1) is 5.92 Å². The van der Waals surface area contributed by atoms with Gasteiger partial charge in [0.25, 0.3) is 0 Å². The van der Waals surface area contributed by atoms with E-state index in [1.165, 1.54) is 0 Å². The van der Waals surface area contributed by atoms with Crippen LogP contribution in [0, 0.1) is 6.92 Å². The molecule has 1 aromatic carbocycles. The van der Waals surface area contributed by atoms with Crippen LogP contribution in [-0.2, 0) is 0 Å². The van der Waals surface area contributed by atoms with Crippen molar-refractivity contribution in [2.45, 2.75) is 45.4 Å². The number of piperidine rings is 1. The lowest BCUT2D eigenvalue weighted by atomic mass is 9.98. The molecular formula is C20H24N4O3. The topological polar surface area (TPSA) is 84.4 Å². The fourth-order valence-electron chi connectivity index (χ4n) is 3.47. The summed E-state index contributed by atoms with van der Waals surface area (Å²) in [5.74, 6) is 2.52. The number of fused-ring (bicyclic) bond motifs is 1. The Bertz CT molecular complexity index is 959. The lowest BCUT2D eigenvalue weighted by molar-refractivity contribution is 0.184. The molecule has 1 atom stereocenters. The number of aromatic nitrogens is 2. The predicted octanol–water partition coefficient (Wildman–Crippen LogP) is 4.66. The number of nitrogens with one attached hydrogen (secondary N) is 1. The van der Waals surface area contributed by atoms with Crippen molar-refractivity contribution in [3.8, 4) is 0 Å². The van der Waals surface area contributed by atoms with Gasteiger partial charge in [0.1, 0.15) is 11.3 Å². The first kappa shape index (κ1) is 17.6. The molecule has 0 radical (unpaired) electrons. The number of likely N-dealkylation sites (tertiary alicyclic amines) is 1. The van der Waals surface area contributed by atoms with Crippen molar-refractivity contribution in [2.24, 2.45) is 0 Å². The van der Waals surface area contributed by atoms with Gasteiger partial charge in [-0.15, -0.1) is 0 Å². The summed E-state index contributed by atoms with van der Waals surface area (Å²) in [5, 5.41) is 8.01. The van der Waals surface area contributed by atoms with E-state index in [2.05, 4.69) is 15.5 Å². The number of hydrogen-bond acceptors (Lipinski definition) is 5. The van der Waals surface area contributed by atoms with Gasteiger partial charge >= 0.3 is 6.03 Å². The monoisotopic (exact) mass is 368 g/mol. The van der Waals surface area contributed by atoms with E-state index in [4.69, 9.17) is 8.94 Å². The SMILES string of the molecule is Cc1cc2cc(NC(=O)N3CCC[C@@H](c4nc(C(C)C)no4)C3)ccc2o1. The van der Waals surface area contributed by atoms with Crippen molar-refractivity contribution in [1.29, 1.82) is 0 Å². The number of aryl methyl sites for hydroxylation is 1. The number of benzene rings is 1. The molecule has 7 heteroatoms. The highest BCUT2D eigenvalue weighted by molar-refractivity contribution is 5.92. The van der Waals surface area contributed by atoms with Crippen LogP contribution < -0.4 is 5.32 Å². The molecule has 1 N–H and O–H groups in total. The summed E-state index contributed by atoms with van der Waals surface area (Å²) in [4.78, 5) is 19.0. The second-order valence-electron chi connectivity index (χ2n) is 7.47. The Hall–Kier alpha value is -2.83. The number of amides is 2. The van der Waals surface area contributed by atoms with Gasteiger partial charge < -0.3 is 19.2 Å². The molecule has 2 aromatic heterocycles. The Kier molecular flexibility index (Phi) is 4.59. The van der Waals surface area contributed by atoms with Crippen LogP contribution in [0.5, 0.6) is 0 Å². The van der Waals surface area contributed by atoms with Gasteiger partial charge in [0, 0.05) is 30.1 Å². The van der Waals surface area contributed by atoms with E-state index in [9.17, 15) is 4.79 Å². The van der Waals surface area contributed by atoms with E-state index in [-0.39, 0.29) is 17.9 Å². The number of urea groups is 1. The molecule has 2 amide bonds. The van der Waals surface area contributed by atoms with Gasteiger partial charge in [-0.1, -0.05) is 19.0 Å². The summed E-state index contributed by atoms with van der Waals surface area (Å²) in [6.07, 6.45) is 1.86. The van der Waals surface area contributed by atoms with E-state index < -0.39 is 0 Å². The molecule has 3 aromatic rings. The lowest BCUT2D eigenvalue weighted by Crippen LogP contribution is -2.41. The smallest absolute Gasteiger partial charge is 0.321 e. The summed E-state index contributed by atoms with van der Waals surface area (Å²) in [6.45, 7) is 7.29. The Morgan fingerprint density at radius 1 is 1.33 bits per heavy atom. The van der Waals surface area contributed by atoms with E-state index in [1.54, 1.807) is 0 Å². The summed E-state index contributed by atoms with van der Waals surface area (Å²) in [6, 6.07) is 7.52. The van der Waals surface area contributed by atoms with Gasteiger partial charge in [-0.2, -0.15) is 4.98 Å².